The number of nitrogens with zero attached hydrogens (tertiary/aromatic N) is 1. The van der Waals surface area contributed by atoms with Gasteiger partial charge in [-0.05, 0) is 37.8 Å². The predicted molar refractivity (Wildman–Crippen MR) is 112 cm³/mol. The van der Waals surface area contributed by atoms with Gasteiger partial charge in [-0.15, -0.1) is 0 Å². The van der Waals surface area contributed by atoms with Crippen LogP contribution in [0.25, 0.3) is 0 Å². The van der Waals surface area contributed by atoms with Crippen LogP contribution in [0.4, 0.5) is 0 Å². The standard InChI is InChI=1S/C21H30N2O7S/c1-13(2)12-19(20(26)22-18-10-11-29-21(18)30-16(5)25)23(15(4)24)31(27,28)17-8-6-14(3)7-9-17/h6-9,13,18-19,21H,10-12H2,1-5H3,(H,22,26)/t18-,19-,21-/m0/s1. The zero-order valence-electron chi connectivity index (χ0n) is 18.5. The lowest BCUT2D eigenvalue weighted by atomic mass is 10.0. The molecule has 10 heteroatoms. The number of ether oxygens (including phenoxy) is 2. The van der Waals surface area contributed by atoms with Gasteiger partial charge in [0.25, 0.3) is 10.0 Å². The minimum atomic E-state index is -4.27. The molecule has 1 heterocycles. The second-order valence-electron chi connectivity index (χ2n) is 8.03. The molecule has 2 amide bonds. The van der Waals surface area contributed by atoms with Crippen LogP contribution in [0.3, 0.4) is 0 Å². The van der Waals surface area contributed by atoms with Crippen LogP contribution in [-0.4, -0.2) is 55.5 Å². The topological polar surface area (TPSA) is 119 Å². The monoisotopic (exact) mass is 454 g/mol. The summed E-state index contributed by atoms with van der Waals surface area (Å²) in [6.45, 7) is 8.10. The Balaban J connectivity index is 2.36. The van der Waals surface area contributed by atoms with Crippen LogP contribution in [0.2, 0.25) is 0 Å². The Morgan fingerprint density at radius 1 is 1.19 bits per heavy atom. The summed E-state index contributed by atoms with van der Waals surface area (Å²) >= 11 is 0. The maximum atomic E-state index is 13.3. The first kappa shape index (κ1) is 24.8. The Labute approximate surface area is 183 Å². The van der Waals surface area contributed by atoms with Gasteiger partial charge in [-0.25, -0.2) is 12.7 Å². The van der Waals surface area contributed by atoms with Gasteiger partial charge in [-0.1, -0.05) is 31.5 Å². The molecule has 31 heavy (non-hydrogen) atoms. The number of carbonyl (C=O) groups excluding carboxylic acids is 3. The molecule has 3 atom stereocenters. The zero-order valence-corrected chi connectivity index (χ0v) is 19.3. The van der Waals surface area contributed by atoms with E-state index in [1.54, 1.807) is 12.1 Å². The largest absolute Gasteiger partial charge is 0.434 e. The molecule has 0 spiro atoms. The average molecular weight is 455 g/mol. The molecule has 0 radical (unpaired) electrons. The van der Waals surface area contributed by atoms with E-state index in [2.05, 4.69) is 5.32 Å². The molecule has 9 nitrogen and oxygen atoms in total. The lowest BCUT2D eigenvalue weighted by Gasteiger charge is -2.31. The molecular formula is C21H30N2O7S. The first-order valence-electron chi connectivity index (χ1n) is 10.1. The Morgan fingerprint density at radius 3 is 2.32 bits per heavy atom. The van der Waals surface area contributed by atoms with Crippen molar-refractivity contribution in [3.63, 3.8) is 0 Å². The van der Waals surface area contributed by atoms with Crippen molar-refractivity contribution >= 4 is 27.8 Å². The molecule has 0 aliphatic carbocycles. The molecule has 2 rings (SSSR count). The summed E-state index contributed by atoms with van der Waals surface area (Å²) in [6.07, 6.45) is -0.439. The van der Waals surface area contributed by atoms with Crippen molar-refractivity contribution in [3.05, 3.63) is 29.8 Å². The lowest BCUT2D eigenvalue weighted by Crippen LogP contribution is -2.55. The van der Waals surface area contributed by atoms with Crippen molar-refractivity contribution in [1.82, 2.24) is 9.62 Å². The molecule has 172 valence electrons. The number of nitrogens with one attached hydrogen (secondary N) is 1. The van der Waals surface area contributed by atoms with E-state index in [-0.39, 0.29) is 23.8 Å². The Kier molecular flexibility index (Phi) is 8.19. The van der Waals surface area contributed by atoms with E-state index in [0.29, 0.717) is 10.7 Å². The highest BCUT2D eigenvalue weighted by Crippen LogP contribution is 2.24. The smallest absolute Gasteiger partial charge is 0.305 e. The highest BCUT2D eigenvalue weighted by atomic mass is 32.2. The van der Waals surface area contributed by atoms with Gasteiger partial charge >= 0.3 is 5.97 Å². The zero-order chi connectivity index (χ0) is 23.3. The molecule has 0 aromatic heterocycles. The molecule has 1 N–H and O–H groups in total. The summed E-state index contributed by atoms with van der Waals surface area (Å²) in [5.41, 5.74) is 0.863. The summed E-state index contributed by atoms with van der Waals surface area (Å²) in [5.74, 6) is -2.04. The van der Waals surface area contributed by atoms with Crippen LogP contribution < -0.4 is 5.32 Å². The third-order valence-corrected chi connectivity index (χ3v) is 6.72. The number of benzene rings is 1. The van der Waals surface area contributed by atoms with Crippen molar-refractivity contribution < 1.29 is 32.3 Å². The highest BCUT2D eigenvalue weighted by Gasteiger charge is 2.41. The molecule has 1 aliphatic heterocycles. The van der Waals surface area contributed by atoms with E-state index in [4.69, 9.17) is 9.47 Å². The second kappa shape index (κ2) is 10.2. The number of amides is 2. The number of sulfonamides is 1. The lowest BCUT2D eigenvalue weighted by molar-refractivity contribution is -0.171. The SMILES string of the molecule is CC(=O)O[C@@H]1OCC[C@@H]1NC(=O)[C@H](CC(C)C)N(C(C)=O)S(=O)(=O)c1ccc(C)cc1. The van der Waals surface area contributed by atoms with Crippen LogP contribution in [0.1, 0.15) is 46.1 Å². The van der Waals surface area contributed by atoms with Gasteiger partial charge < -0.3 is 14.8 Å². The fourth-order valence-electron chi connectivity index (χ4n) is 3.40. The maximum Gasteiger partial charge on any atom is 0.305 e. The first-order valence-corrected chi connectivity index (χ1v) is 11.6. The number of hydrogen-bond donors (Lipinski definition) is 1. The summed E-state index contributed by atoms with van der Waals surface area (Å²) in [6, 6.07) is 4.17. The van der Waals surface area contributed by atoms with E-state index < -0.39 is 46.2 Å². The third kappa shape index (κ3) is 6.27. The van der Waals surface area contributed by atoms with E-state index in [0.717, 1.165) is 12.5 Å². The van der Waals surface area contributed by atoms with Crippen LogP contribution >= 0.6 is 0 Å². The van der Waals surface area contributed by atoms with Crippen molar-refractivity contribution in [1.29, 1.82) is 0 Å². The molecule has 0 saturated carbocycles. The number of hydrogen-bond acceptors (Lipinski definition) is 7. The molecule has 1 fully saturated rings. The van der Waals surface area contributed by atoms with Crippen molar-refractivity contribution in [2.75, 3.05) is 6.61 Å². The normalized spacial score (nSPS) is 19.7. The second-order valence-corrected chi connectivity index (χ2v) is 9.85. The van der Waals surface area contributed by atoms with Gasteiger partial charge in [0, 0.05) is 13.8 Å². The maximum absolute atomic E-state index is 13.3. The third-order valence-electron chi connectivity index (χ3n) is 4.82. The van der Waals surface area contributed by atoms with Crippen molar-refractivity contribution in [3.8, 4) is 0 Å². The number of carbonyl (C=O) groups is 3. The van der Waals surface area contributed by atoms with Crippen LogP contribution in [0.5, 0.6) is 0 Å². The van der Waals surface area contributed by atoms with Crippen molar-refractivity contribution in [2.45, 2.75) is 70.7 Å². The summed E-state index contributed by atoms with van der Waals surface area (Å²) in [4.78, 5) is 36.9. The van der Waals surface area contributed by atoms with Gasteiger partial charge in [0.1, 0.15) is 6.04 Å². The first-order chi connectivity index (χ1) is 14.4. The van der Waals surface area contributed by atoms with Crippen LogP contribution in [-0.2, 0) is 33.9 Å². The molecule has 1 aromatic carbocycles. The number of esters is 1. The van der Waals surface area contributed by atoms with Gasteiger partial charge in [0.15, 0.2) is 0 Å². The van der Waals surface area contributed by atoms with E-state index in [9.17, 15) is 22.8 Å². The minimum Gasteiger partial charge on any atom is -0.434 e. The van der Waals surface area contributed by atoms with Gasteiger partial charge in [-0.3, -0.25) is 14.4 Å². The number of aryl methyl sites for hydroxylation is 1. The Hall–Kier alpha value is -2.46. The van der Waals surface area contributed by atoms with Crippen LogP contribution in [0, 0.1) is 12.8 Å². The van der Waals surface area contributed by atoms with E-state index in [1.165, 1.54) is 19.1 Å². The highest BCUT2D eigenvalue weighted by molar-refractivity contribution is 7.89. The van der Waals surface area contributed by atoms with E-state index in [1.807, 2.05) is 20.8 Å². The van der Waals surface area contributed by atoms with Gasteiger partial charge in [-0.2, -0.15) is 0 Å². The van der Waals surface area contributed by atoms with E-state index >= 15 is 0 Å². The summed E-state index contributed by atoms with van der Waals surface area (Å²) in [5, 5.41) is 2.71. The molecule has 1 aromatic rings. The average Bonchev–Trinajstić information content (AvgIpc) is 3.06. The Bertz CT molecular complexity index is 912. The fraction of sp³-hybridized carbons (Fsp3) is 0.571. The fourth-order valence-corrected chi connectivity index (χ4v) is 4.96. The number of rotatable bonds is 8. The quantitative estimate of drug-likeness (QED) is 0.594. The molecule has 1 aliphatic rings. The summed E-state index contributed by atoms with van der Waals surface area (Å²) in [7, 11) is -4.27. The molecule has 1 saturated heterocycles. The molecule has 0 unspecified atom stereocenters. The summed E-state index contributed by atoms with van der Waals surface area (Å²) < 4.78 is 37.6. The van der Waals surface area contributed by atoms with Gasteiger partial charge in [0.05, 0.1) is 17.5 Å². The molecule has 0 bridgehead atoms. The Morgan fingerprint density at radius 2 is 1.81 bits per heavy atom. The minimum absolute atomic E-state index is 0.0724. The molecular weight excluding hydrogens is 424 g/mol. The van der Waals surface area contributed by atoms with Gasteiger partial charge in [0.2, 0.25) is 18.1 Å². The van der Waals surface area contributed by atoms with Crippen LogP contribution in [0.15, 0.2) is 29.2 Å². The van der Waals surface area contributed by atoms with Crippen molar-refractivity contribution in [2.24, 2.45) is 5.92 Å². The predicted octanol–water partition coefficient (Wildman–Crippen LogP) is 1.74.